The van der Waals surface area contributed by atoms with Crippen molar-refractivity contribution in [2.45, 2.75) is 6.92 Å². The number of hydrogen-bond acceptors (Lipinski definition) is 4. The number of nitro groups is 1. The quantitative estimate of drug-likeness (QED) is 0.486. The van der Waals surface area contributed by atoms with Gasteiger partial charge in [-0.05, 0) is 24.1 Å². The lowest BCUT2D eigenvalue weighted by Crippen LogP contribution is -1.95. The minimum Gasteiger partial charge on any atom is -0.478 e. The molecule has 0 radical (unpaired) electrons. The van der Waals surface area contributed by atoms with Crippen molar-refractivity contribution in [3.05, 3.63) is 45.0 Å². The fourth-order valence-electron chi connectivity index (χ4n) is 1.28. The van der Waals surface area contributed by atoms with Gasteiger partial charge in [0.2, 0.25) is 0 Å². The molecule has 6 nitrogen and oxygen atoms in total. The minimum absolute atomic E-state index is 0.157. The molecule has 0 saturated heterocycles. The Morgan fingerprint density at radius 2 is 2.24 bits per heavy atom. The SMILES string of the molecule is Cc1c(C#N)cc([N+](=O)[O-])cc1/C=C/C(=O)O. The summed E-state index contributed by atoms with van der Waals surface area (Å²) in [6, 6.07) is 4.22. The van der Waals surface area contributed by atoms with E-state index in [-0.39, 0.29) is 11.3 Å². The van der Waals surface area contributed by atoms with Crippen molar-refractivity contribution in [3.63, 3.8) is 0 Å². The van der Waals surface area contributed by atoms with Gasteiger partial charge in [0.1, 0.15) is 0 Å². The largest absolute Gasteiger partial charge is 0.478 e. The van der Waals surface area contributed by atoms with Gasteiger partial charge in [0.05, 0.1) is 16.6 Å². The van der Waals surface area contributed by atoms with Gasteiger partial charge in [0.25, 0.3) is 5.69 Å². The van der Waals surface area contributed by atoms with Crippen molar-refractivity contribution < 1.29 is 14.8 Å². The molecule has 1 aromatic carbocycles. The Kier molecular flexibility index (Phi) is 3.57. The Balaban J connectivity index is 3.39. The van der Waals surface area contributed by atoms with Crippen molar-refractivity contribution in [2.24, 2.45) is 0 Å². The van der Waals surface area contributed by atoms with E-state index in [9.17, 15) is 14.9 Å². The summed E-state index contributed by atoms with van der Waals surface area (Å²) in [4.78, 5) is 20.4. The van der Waals surface area contributed by atoms with E-state index in [4.69, 9.17) is 10.4 Å². The zero-order chi connectivity index (χ0) is 13.0. The predicted octanol–water partition coefficient (Wildman–Crippen LogP) is 1.87. The second-order valence-electron chi connectivity index (χ2n) is 3.25. The van der Waals surface area contributed by atoms with Gasteiger partial charge in [-0.2, -0.15) is 5.26 Å². The maximum absolute atomic E-state index is 10.6. The number of rotatable bonds is 3. The maximum Gasteiger partial charge on any atom is 0.328 e. The molecule has 0 aliphatic heterocycles. The first kappa shape index (κ1) is 12.4. The molecule has 0 spiro atoms. The van der Waals surface area contributed by atoms with Gasteiger partial charge in [0, 0.05) is 18.2 Å². The number of non-ortho nitro benzene ring substituents is 1. The second kappa shape index (κ2) is 4.90. The van der Waals surface area contributed by atoms with Gasteiger partial charge in [-0.3, -0.25) is 10.1 Å². The normalized spacial score (nSPS) is 10.1. The Morgan fingerprint density at radius 1 is 1.59 bits per heavy atom. The predicted molar refractivity (Wildman–Crippen MR) is 59.2 cm³/mol. The van der Waals surface area contributed by atoms with Gasteiger partial charge in [-0.15, -0.1) is 0 Å². The highest BCUT2D eigenvalue weighted by molar-refractivity contribution is 5.86. The zero-order valence-electron chi connectivity index (χ0n) is 8.88. The third kappa shape index (κ3) is 2.89. The highest BCUT2D eigenvalue weighted by atomic mass is 16.6. The monoisotopic (exact) mass is 232 g/mol. The lowest BCUT2D eigenvalue weighted by atomic mass is 10.0. The standard InChI is InChI=1S/C11H8N2O4/c1-7-8(2-3-11(14)15)4-10(13(16)17)5-9(7)6-12/h2-5H,1H3,(H,14,15)/b3-2+. The minimum atomic E-state index is -1.16. The summed E-state index contributed by atoms with van der Waals surface area (Å²) in [5.74, 6) is -1.16. The topological polar surface area (TPSA) is 104 Å². The summed E-state index contributed by atoms with van der Waals surface area (Å²) in [7, 11) is 0. The van der Waals surface area contributed by atoms with E-state index < -0.39 is 10.9 Å². The Labute approximate surface area is 96.6 Å². The van der Waals surface area contributed by atoms with Crippen molar-refractivity contribution in [1.29, 1.82) is 5.26 Å². The van der Waals surface area contributed by atoms with Crippen molar-refractivity contribution >= 4 is 17.7 Å². The van der Waals surface area contributed by atoms with Crippen LogP contribution in [0.1, 0.15) is 16.7 Å². The average Bonchev–Trinajstić information content (AvgIpc) is 2.27. The zero-order valence-corrected chi connectivity index (χ0v) is 8.88. The van der Waals surface area contributed by atoms with Crippen LogP contribution in [0.4, 0.5) is 5.69 Å². The van der Waals surface area contributed by atoms with E-state index in [2.05, 4.69) is 0 Å². The number of hydrogen-bond donors (Lipinski definition) is 1. The number of nitro benzene ring substituents is 1. The van der Waals surface area contributed by atoms with E-state index in [1.807, 2.05) is 6.07 Å². The highest BCUT2D eigenvalue weighted by Crippen LogP contribution is 2.22. The molecular formula is C11H8N2O4. The molecule has 86 valence electrons. The summed E-state index contributed by atoms with van der Waals surface area (Å²) in [5, 5.41) is 27.9. The average molecular weight is 232 g/mol. The van der Waals surface area contributed by atoms with E-state index >= 15 is 0 Å². The summed E-state index contributed by atoms with van der Waals surface area (Å²) < 4.78 is 0. The molecular weight excluding hydrogens is 224 g/mol. The van der Waals surface area contributed by atoms with Gasteiger partial charge in [0.15, 0.2) is 0 Å². The number of nitrogens with zero attached hydrogens (tertiary/aromatic N) is 2. The molecule has 0 heterocycles. The van der Waals surface area contributed by atoms with Crippen LogP contribution in [0.2, 0.25) is 0 Å². The molecule has 1 N–H and O–H groups in total. The first-order valence-corrected chi connectivity index (χ1v) is 4.56. The molecule has 0 fully saturated rings. The molecule has 1 aromatic rings. The fraction of sp³-hybridized carbons (Fsp3) is 0.0909. The summed E-state index contributed by atoms with van der Waals surface area (Å²) in [5.41, 5.74) is 0.773. The van der Waals surface area contributed by atoms with Crippen LogP contribution in [0.15, 0.2) is 18.2 Å². The van der Waals surface area contributed by atoms with Gasteiger partial charge >= 0.3 is 5.97 Å². The smallest absolute Gasteiger partial charge is 0.328 e. The van der Waals surface area contributed by atoms with Crippen LogP contribution in [-0.2, 0) is 4.79 Å². The van der Waals surface area contributed by atoms with E-state index in [0.29, 0.717) is 11.1 Å². The molecule has 0 aliphatic carbocycles. The van der Waals surface area contributed by atoms with E-state index in [1.54, 1.807) is 6.92 Å². The van der Waals surface area contributed by atoms with Gasteiger partial charge < -0.3 is 5.11 Å². The molecule has 0 aliphatic rings. The van der Waals surface area contributed by atoms with E-state index in [0.717, 1.165) is 12.1 Å². The maximum atomic E-state index is 10.6. The fourth-order valence-corrected chi connectivity index (χ4v) is 1.28. The first-order chi connectivity index (χ1) is 7.95. The number of carboxylic acid groups (broad SMARTS) is 1. The molecule has 0 atom stereocenters. The molecule has 0 amide bonds. The molecule has 0 unspecified atom stereocenters. The van der Waals surface area contributed by atoms with Crippen LogP contribution in [0.25, 0.3) is 6.08 Å². The molecule has 0 saturated carbocycles. The van der Waals surface area contributed by atoms with Crippen molar-refractivity contribution in [3.8, 4) is 6.07 Å². The number of carbonyl (C=O) groups is 1. The Bertz CT molecular complexity index is 555. The van der Waals surface area contributed by atoms with Crippen LogP contribution in [-0.4, -0.2) is 16.0 Å². The highest BCUT2D eigenvalue weighted by Gasteiger charge is 2.12. The van der Waals surface area contributed by atoms with Crippen LogP contribution in [0, 0.1) is 28.4 Å². The number of nitriles is 1. The van der Waals surface area contributed by atoms with Crippen LogP contribution in [0.5, 0.6) is 0 Å². The number of carboxylic acids is 1. The molecule has 0 aromatic heterocycles. The lowest BCUT2D eigenvalue weighted by Gasteiger charge is -2.02. The number of aliphatic carboxylic acids is 1. The lowest BCUT2D eigenvalue weighted by molar-refractivity contribution is -0.384. The van der Waals surface area contributed by atoms with Gasteiger partial charge in [-0.1, -0.05) is 0 Å². The number of benzene rings is 1. The molecule has 17 heavy (non-hydrogen) atoms. The van der Waals surface area contributed by atoms with Crippen LogP contribution >= 0.6 is 0 Å². The summed E-state index contributed by atoms with van der Waals surface area (Å²) in [6.07, 6.45) is 2.10. The second-order valence-corrected chi connectivity index (χ2v) is 3.25. The van der Waals surface area contributed by atoms with Crippen LogP contribution in [0.3, 0.4) is 0 Å². The summed E-state index contributed by atoms with van der Waals surface area (Å²) in [6.45, 7) is 1.60. The van der Waals surface area contributed by atoms with Crippen molar-refractivity contribution in [1.82, 2.24) is 0 Å². The Hall–Kier alpha value is -2.68. The van der Waals surface area contributed by atoms with Gasteiger partial charge in [-0.25, -0.2) is 4.79 Å². The Morgan fingerprint density at radius 3 is 2.71 bits per heavy atom. The van der Waals surface area contributed by atoms with Crippen molar-refractivity contribution in [2.75, 3.05) is 0 Å². The molecule has 6 heteroatoms. The summed E-state index contributed by atoms with van der Waals surface area (Å²) >= 11 is 0. The molecule has 1 rings (SSSR count). The third-order valence-electron chi connectivity index (χ3n) is 2.17. The first-order valence-electron chi connectivity index (χ1n) is 4.56. The van der Waals surface area contributed by atoms with Crippen LogP contribution < -0.4 is 0 Å². The molecule has 0 bridgehead atoms. The third-order valence-corrected chi connectivity index (χ3v) is 2.17. The van der Waals surface area contributed by atoms with E-state index in [1.165, 1.54) is 12.1 Å².